The topological polar surface area (TPSA) is 111 Å². The number of hydrogen-bond donors (Lipinski definition) is 2. The van der Waals surface area contributed by atoms with Crippen molar-refractivity contribution in [3.63, 3.8) is 0 Å². The van der Waals surface area contributed by atoms with Crippen LogP contribution in [0.15, 0.2) is 82.3 Å². The van der Waals surface area contributed by atoms with Crippen LogP contribution in [0.1, 0.15) is 16.7 Å². The molecule has 2 N–H and O–H groups in total. The number of imidazole rings is 1. The highest BCUT2D eigenvalue weighted by atomic mass is 79.9. The predicted molar refractivity (Wildman–Crippen MR) is 155 cm³/mol. The molecule has 0 radical (unpaired) electrons. The smallest absolute Gasteiger partial charge is 0.271 e. The molecule has 4 aromatic carbocycles. The van der Waals surface area contributed by atoms with E-state index in [0.29, 0.717) is 28.1 Å². The number of halogens is 1. The number of phenolic OH excluding ortho intramolecular Hbond substituents is 1. The molecule has 2 bridgehead atoms. The molecule has 0 saturated heterocycles. The second kappa shape index (κ2) is 8.95. The number of fused-ring (bicyclic) bond motifs is 7. The van der Waals surface area contributed by atoms with Crippen LogP contribution in [0.5, 0.6) is 5.75 Å². The molecular formula is C29H21BrN6O3. The van der Waals surface area contributed by atoms with E-state index >= 15 is 0 Å². The zero-order valence-electron chi connectivity index (χ0n) is 20.5. The fourth-order valence-electron chi connectivity index (χ4n) is 5.34. The van der Waals surface area contributed by atoms with E-state index in [9.17, 15) is 15.2 Å². The number of non-ortho nitro benzene ring substituents is 1. The lowest BCUT2D eigenvalue weighted by Gasteiger charge is -2.44. The van der Waals surface area contributed by atoms with Gasteiger partial charge in [-0.15, -0.1) is 0 Å². The van der Waals surface area contributed by atoms with Crippen molar-refractivity contribution in [2.75, 3.05) is 16.5 Å². The maximum absolute atomic E-state index is 11.1. The summed E-state index contributed by atoms with van der Waals surface area (Å²) in [6, 6.07) is 22.4. The Bertz CT molecular complexity index is 1830. The van der Waals surface area contributed by atoms with Gasteiger partial charge in [0.1, 0.15) is 11.6 Å². The van der Waals surface area contributed by atoms with Crippen LogP contribution in [-0.4, -0.2) is 32.9 Å². The van der Waals surface area contributed by atoms with Crippen LogP contribution in [0.2, 0.25) is 0 Å². The van der Waals surface area contributed by atoms with Crippen LogP contribution < -0.4 is 9.80 Å². The summed E-state index contributed by atoms with van der Waals surface area (Å²) in [5.41, 5.74) is 8.25. The Morgan fingerprint density at radius 2 is 1.74 bits per heavy atom. The summed E-state index contributed by atoms with van der Waals surface area (Å²) in [6.07, 6.45) is 1.80. The minimum Gasteiger partial charge on any atom is -0.507 e. The first-order valence-electron chi connectivity index (χ1n) is 12.3. The molecule has 0 saturated carbocycles. The third kappa shape index (κ3) is 4.18. The van der Waals surface area contributed by atoms with Gasteiger partial charge in [-0.2, -0.15) is 0 Å². The fourth-order valence-corrected chi connectivity index (χ4v) is 5.75. The van der Waals surface area contributed by atoms with E-state index in [1.165, 1.54) is 34.6 Å². The van der Waals surface area contributed by atoms with Crippen LogP contribution in [0, 0.1) is 10.1 Å². The van der Waals surface area contributed by atoms with Crippen molar-refractivity contribution in [1.29, 1.82) is 0 Å². The van der Waals surface area contributed by atoms with Gasteiger partial charge in [0.2, 0.25) is 0 Å². The molecule has 2 aliphatic heterocycles. The maximum atomic E-state index is 11.1. The monoisotopic (exact) mass is 580 g/mol. The number of rotatable bonds is 4. The van der Waals surface area contributed by atoms with Gasteiger partial charge < -0.3 is 19.9 Å². The zero-order chi connectivity index (χ0) is 26.7. The van der Waals surface area contributed by atoms with Crippen LogP contribution in [-0.2, 0) is 13.1 Å². The Hall–Kier alpha value is -4.70. The number of H-pyrrole nitrogens is 1. The summed E-state index contributed by atoms with van der Waals surface area (Å²) in [6.45, 7) is 2.58. The molecule has 0 aliphatic carbocycles. The van der Waals surface area contributed by atoms with Crippen molar-refractivity contribution < 1.29 is 10.0 Å². The number of benzene rings is 4. The van der Waals surface area contributed by atoms with Crippen molar-refractivity contribution >= 4 is 55.9 Å². The van der Waals surface area contributed by atoms with E-state index in [0.717, 1.165) is 29.8 Å². The van der Waals surface area contributed by atoms with Crippen molar-refractivity contribution in [3.8, 4) is 17.1 Å². The summed E-state index contributed by atoms with van der Waals surface area (Å²) >= 11 is 3.59. The van der Waals surface area contributed by atoms with Crippen molar-refractivity contribution in [2.45, 2.75) is 13.1 Å². The number of aromatic hydroxyl groups is 1. The quantitative estimate of drug-likeness (QED) is 0.140. The van der Waals surface area contributed by atoms with E-state index in [2.05, 4.69) is 77.1 Å². The van der Waals surface area contributed by atoms with Gasteiger partial charge in [0, 0.05) is 53.4 Å². The highest BCUT2D eigenvalue weighted by Gasteiger charge is 2.29. The van der Waals surface area contributed by atoms with Crippen molar-refractivity contribution in [2.24, 2.45) is 4.99 Å². The van der Waals surface area contributed by atoms with Gasteiger partial charge in [0.05, 0.1) is 33.9 Å². The first kappa shape index (κ1) is 23.4. The Kier molecular flexibility index (Phi) is 5.38. The molecule has 0 unspecified atom stereocenters. The number of nitrogens with one attached hydrogen (secondary N) is 1. The summed E-state index contributed by atoms with van der Waals surface area (Å²) in [4.78, 5) is 27.5. The number of aromatic nitrogens is 2. The minimum atomic E-state index is -0.452. The molecule has 5 aromatic rings. The lowest BCUT2D eigenvalue weighted by molar-refractivity contribution is -0.384. The van der Waals surface area contributed by atoms with Gasteiger partial charge in [-0.3, -0.25) is 15.1 Å². The highest BCUT2D eigenvalue weighted by molar-refractivity contribution is 9.10. The summed E-state index contributed by atoms with van der Waals surface area (Å²) in [5.74, 6) is 0.445. The Morgan fingerprint density at radius 1 is 0.974 bits per heavy atom. The second-order valence-electron chi connectivity index (χ2n) is 9.70. The number of nitro groups is 1. The van der Waals surface area contributed by atoms with Crippen LogP contribution in [0.3, 0.4) is 0 Å². The van der Waals surface area contributed by atoms with Crippen molar-refractivity contribution in [1.82, 2.24) is 9.97 Å². The van der Waals surface area contributed by atoms with Gasteiger partial charge in [-0.1, -0.05) is 22.0 Å². The predicted octanol–water partition coefficient (Wildman–Crippen LogP) is 6.65. The number of anilines is 2. The normalized spacial score (nSPS) is 14.1. The molecule has 10 heteroatoms. The molecule has 39 heavy (non-hydrogen) atoms. The van der Waals surface area contributed by atoms with Crippen LogP contribution in [0.4, 0.5) is 22.7 Å². The number of phenols is 1. The van der Waals surface area contributed by atoms with E-state index in [-0.39, 0.29) is 11.4 Å². The average Bonchev–Trinajstić information content (AvgIpc) is 3.35. The molecule has 0 amide bonds. The van der Waals surface area contributed by atoms with E-state index < -0.39 is 4.92 Å². The molecule has 7 rings (SSSR count). The molecular weight excluding hydrogens is 560 g/mol. The van der Waals surface area contributed by atoms with Gasteiger partial charge in [0.15, 0.2) is 0 Å². The number of hydrogen-bond acceptors (Lipinski definition) is 7. The van der Waals surface area contributed by atoms with Gasteiger partial charge in [-0.25, -0.2) is 4.98 Å². The largest absolute Gasteiger partial charge is 0.507 e. The Balaban J connectivity index is 1.12. The zero-order valence-corrected chi connectivity index (χ0v) is 22.1. The molecule has 0 atom stereocenters. The van der Waals surface area contributed by atoms with Gasteiger partial charge in [0.25, 0.3) is 5.69 Å². The van der Waals surface area contributed by atoms with Crippen LogP contribution >= 0.6 is 15.9 Å². The van der Waals surface area contributed by atoms with E-state index in [1.807, 2.05) is 0 Å². The third-order valence-electron chi connectivity index (χ3n) is 7.17. The van der Waals surface area contributed by atoms with Gasteiger partial charge >= 0.3 is 0 Å². The summed E-state index contributed by atoms with van der Waals surface area (Å²) < 4.78 is 1.10. The molecule has 2 aliphatic rings. The highest BCUT2D eigenvalue weighted by Crippen LogP contribution is 2.39. The Morgan fingerprint density at radius 3 is 2.51 bits per heavy atom. The maximum Gasteiger partial charge on any atom is 0.271 e. The van der Waals surface area contributed by atoms with E-state index in [4.69, 9.17) is 0 Å². The standard InChI is InChI=1S/C29H21BrN6O3/c30-20-2-8-27-19(10-20)15-35-16-34(27)14-18-9-17(1-7-26(18)35)13-31-21-3-5-23(28(37)11-21)29-32-24-6-4-22(36(38)39)12-25(24)33-29/h1-13,37H,14-16H2,(H,32,33). The fraction of sp³-hybridized carbons (Fsp3) is 0.103. The first-order valence-corrected chi connectivity index (χ1v) is 13.1. The lowest BCUT2D eigenvalue weighted by Crippen LogP contribution is -2.46. The first-order chi connectivity index (χ1) is 18.9. The SMILES string of the molecule is O=[N+]([O-])c1ccc2nc(-c3ccc(N=Cc4ccc5c(c4)CN4CN5Cc5cc(Br)ccc54)cc3O)[nH]c2c1. The van der Waals surface area contributed by atoms with E-state index in [1.54, 1.807) is 30.5 Å². The second-order valence-corrected chi connectivity index (χ2v) is 10.6. The lowest BCUT2D eigenvalue weighted by atomic mass is 10.0. The molecule has 192 valence electrons. The molecule has 3 heterocycles. The minimum absolute atomic E-state index is 0.0161. The molecule has 9 nitrogen and oxygen atoms in total. The summed E-state index contributed by atoms with van der Waals surface area (Å²) in [5, 5.41) is 21.8. The molecule has 1 aromatic heterocycles. The summed E-state index contributed by atoms with van der Waals surface area (Å²) in [7, 11) is 0. The van der Waals surface area contributed by atoms with Gasteiger partial charge in [-0.05, 0) is 65.2 Å². The van der Waals surface area contributed by atoms with Crippen LogP contribution in [0.25, 0.3) is 22.4 Å². The Labute approximate surface area is 231 Å². The average molecular weight is 581 g/mol. The molecule has 0 spiro atoms. The third-order valence-corrected chi connectivity index (χ3v) is 7.66. The molecule has 0 fully saturated rings. The number of nitrogens with zero attached hydrogens (tertiary/aromatic N) is 5. The number of aliphatic imine (C=N–C) groups is 1. The number of aromatic amines is 1. The number of nitro benzene ring substituents is 1. The van der Waals surface area contributed by atoms with Crippen molar-refractivity contribution in [3.05, 3.63) is 104 Å².